The summed E-state index contributed by atoms with van der Waals surface area (Å²) in [7, 11) is 4.45. The SMILES string of the molecule is COc1cc(C(=O)N[C@H]2CO[C@H]3[C@@H]2OC[C@H]3OCC(N)=O)cc(OC)c1OC. The molecule has 0 aliphatic carbocycles. The molecule has 1 aromatic carbocycles. The highest BCUT2D eigenvalue weighted by Gasteiger charge is 2.49. The Morgan fingerprint density at radius 3 is 2.29 bits per heavy atom. The van der Waals surface area contributed by atoms with Crippen LogP contribution in [0.5, 0.6) is 17.2 Å². The van der Waals surface area contributed by atoms with E-state index >= 15 is 0 Å². The van der Waals surface area contributed by atoms with E-state index < -0.39 is 12.0 Å². The van der Waals surface area contributed by atoms with E-state index in [1.165, 1.54) is 21.3 Å². The summed E-state index contributed by atoms with van der Waals surface area (Å²) in [5, 5.41) is 2.90. The summed E-state index contributed by atoms with van der Waals surface area (Å²) in [6.45, 7) is 0.324. The lowest BCUT2D eigenvalue weighted by Gasteiger charge is -2.19. The molecule has 2 aliphatic heterocycles. The van der Waals surface area contributed by atoms with Gasteiger partial charge in [0.1, 0.15) is 24.9 Å². The van der Waals surface area contributed by atoms with E-state index in [1.807, 2.05) is 0 Å². The first-order chi connectivity index (χ1) is 13.5. The molecule has 1 aromatic rings. The van der Waals surface area contributed by atoms with Gasteiger partial charge in [0, 0.05) is 5.56 Å². The van der Waals surface area contributed by atoms with Crippen molar-refractivity contribution in [3.8, 4) is 17.2 Å². The molecule has 10 nitrogen and oxygen atoms in total. The minimum absolute atomic E-state index is 0.205. The first-order valence-corrected chi connectivity index (χ1v) is 8.72. The van der Waals surface area contributed by atoms with Crippen molar-refractivity contribution in [2.45, 2.75) is 24.4 Å². The molecular weight excluding hydrogens is 372 g/mol. The van der Waals surface area contributed by atoms with E-state index in [-0.39, 0.29) is 44.0 Å². The van der Waals surface area contributed by atoms with Gasteiger partial charge in [0.2, 0.25) is 11.7 Å². The molecule has 3 rings (SSSR count). The number of methoxy groups -OCH3 is 3. The predicted octanol–water partition coefficient (Wildman–Crippen LogP) is -0.521. The second-order valence-electron chi connectivity index (χ2n) is 6.41. The van der Waals surface area contributed by atoms with Crippen molar-refractivity contribution in [1.29, 1.82) is 0 Å². The standard InChI is InChI=1S/C18H24N2O8/c1-23-11-4-9(5-12(24-2)16(11)25-3)18(22)20-10-6-27-17-13(7-28-15(10)17)26-8-14(19)21/h4-5,10,13,15,17H,6-8H2,1-3H3,(H2,19,21)(H,20,22)/t10-,13+,15+,17+/m0/s1. The number of primary amides is 1. The molecule has 3 N–H and O–H groups in total. The van der Waals surface area contributed by atoms with Crippen LogP contribution in [0.1, 0.15) is 10.4 Å². The van der Waals surface area contributed by atoms with Crippen LogP contribution in [0, 0.1) is 0 Å². The summed E-state index contributed by atoms with van der Waals surface area (Å²) < 4.78 is 32.7. The van der Waals surface area contributed by atoms with Crippen LogP contribution in [0.15, 0.2) is 12.1 Å². The molecule has 0 radical (unpaired) electrons. The number of rotatable bonds is 8. The molecule has 0 spiro atoms. The monoisotopic (exact) mass is 396 g/mol. The summed E-state index contributed by atoms with van der Waals surface area (Å²) in [6.07, 6.45) is -1.14. The highest BCUT2D eigenvalue weighted by Crippen LogP contribution is 2.38. The van der Waals surface area contributed by atoms with Crippen molar-refractivity contribution >= 4 is 11.8 Å². The van der Waals surface area contributed by atoms with Crippen LogP contribution in [0.4, 0.5) is 0 Å². The average molecular weight is 396 g/mol. The lowest BCUT2D eigenvalue weighted by atomic mass is 10.1. The molecule has 28 heavy (non-hydrogen) atoms. The lowest BCUT2D eigenvalue weighted by molar-refractivity contribution is -0.126. The number of benzene rings is 1. The van der Waals surface area contributed by atoms with Gasteiger partial charge in [-0.15, -0.1) is 0 Å². The molecular formula is C18H24N2O8. The quantitative estimate of drug-likeness (QED) is 0.601. The van der Waals surface area contributed by atoms with Crippen molar-refractivity contribution in [3.05, 3.63) is 17.7 Å². The molecule has 2 aliphatic rings. The van der Waals surface area contributed by atoms with Crippen molar-refractivity contribution < 1.29 is 38.0 Å². The van der Waals surface area contributed by atoms with Gasteiger partial charge in [0.25, 0.3) is 5.91 Å². The summed E-state index contributed by atoms with van der Waals surface area (Å²) >= 11 is 0. The number of carbonyl (C=O) groups is 2. The lowest BCUT2D eigenvalue weighted by Crippen LogP contribution is -2.44. The van der Waals surface area contributed by atoms with Crippen molar-refractivity contribution in [2.24, 2.45) is 5.73 Å². The van der Waals surface area contributed by atoms with Crippen LogP contribution >= 0.6 is 0 Å². The third kappa shape index (κ3) is 3.98. The minimum Gasteiger partial charge on any atom is -0.493 e. The van der Waals surface area contributed by atoms with E-state index in [0.29, 0.717) is 22.8 Å². The first-order valence-electron chi connectivity index (χ1n) is 8.72. The Hall–Kier alpha value is -2.56. The highest BCUT2D eigenvalue weighted by molar-refractivity contribution is 5.96. The van der Waals surface area contributed by atoms with Gasteiger partial charge in [-0.3, -0.25) is 9.59 Å². The maximum atomic E-state index is 12.8. The zero-order chi connectivity index (χ0) is 20.3. The molecule has 0 aromatic heterocycles. The molecule has 0 unspecified atom stereocenters. The van der Waals surface area contributed by atoms with Crippen LogP contribution in [-0.2, 0) is 19.0 Å². The number of amides is 2. The van der Waals surface area contributed by atoms with E-state index in [9.17, 15) is 9.59 Å². The van der Waals surface area contributed by atoms with Crippen molar-refractivity contribution in [3.63, 3.8) is 0 Å². The summed E-state index contributed by atoms with van der Waals surface area (Å²) in [4.78, 5) is 23.6. The van der Waals surface area contributed by atoms with E-state index in [1.54, 1.807) is 12.1 Å². The van der Waals surface area contributed by atoms with Crippen molar-refractivity contribution in [1.82, 2.24) is 5.32 Å². The number of fused-ring (bicyclic) bond motifs is 1. The van der Waals surface area contributed by atoms with Gasteiger partial charge < -0.3 is 39.5 Å². The zero-order valence-electron chi connectivity index (χ0n) is 15.9. The summed E-state index contributed by atoms with van der Waals surface area (Å²) in [5.74, 6) is 0.265. The second kappa shape index (κ2) is 8.63. The third-order valence-electron chi connectivity index (χ3n) is 4.69. The van der Waals surface area contributed by atoms with Gasteiger partial charge >= 0.3 is 0 Å². The molecule has 0 saturated carbocycles. The largest absolute Gasteiger partial charge is 0.493 e. The van der Waals surface area contributed by atoms with E-state index in [0.717, 1.165) is 0 Å². The van der Waals surface area contributed by atoms with Crippen LogP contribution < -0.4 is 25.3 Å². The van der Waals surface area contributed by atoms with Crippen LogP contribution in [-0.4, -0.2) is 77.3 Å². The fraction of sp³-hybridized carbons (Fsp3) is 0.556. The van der Waals surface area contributed by atoms with Crippen molar-refractivity contribution in [2.75, 3.05) is 41.2 Å². The van der Waals surface area contributed by atoms with Gasteiger partial charge in [-0.2, -0.15) is 0 Å². The summed E-state index contributed by atoms with van der Waals surface area (Å²) in [6, 6.07) is 2.77. The Morgan fingerprint density at radius 2 is 1.71 bits per heavy atom. The number of hydrogen-bond acceptors (Lipinski definition) is 8. The highest BCUT2D eigenvalue weighted by atomic mass is 16.6. The predicted molar refractivity (Wildman–Crippen MR) is 95.8 cm³/mol. The molecule has 2 amide bonds. The molecule has 0 bridgehead atoms. The first kappa shape index (κ1) is 20.2. The van der Waals surface area contributed by atoms with E-state index in [2.05, 4.69) is 5.32 Å². The Balaban J connectivity index is 1.68. The Kier molecular flexibility index (Phi) is 6.22. The fourth-order valence-corrected chi connectivity index (χ4v) is 3.38. The maximum Gasteiger partial charge on any atom is 0.251 e. The molecule has 4 atom stereocenters. The number of hydrogen-bond donors (Lipinski definition) is 2. The second-order valence-corrected chi connectivity index (χ2v) is 6.41. The third-order valence-corrected chi connectivity index (χ3v) is 4.69. The smallest absolute Gasteiger partial charge is 0.251 e. The number of ether oxygens (including phenoxy) is 6. The van der Waals surface area contributed by atoms with E-state index in [4.69, 9.17) is 34.2 Å². The Bertz CT molecular complexity index is 715. The van der Waals surface area contributed by atoms with Gasteiger partial charge in [0.15, 0.2) is 11.5 Å². The van der Waals surface area contributed by atoms with Gasteiger partial charge in [-0.05, 0) is 12.1 Å². The maximum absolute atomic E-state index is 12.8. The molecule has 2 fully saturated rings. The van der Waals surface area contributed by atoms with Gasteiger partial charge in [0.05, 0.1) is 40.6 Å². The molecule has 2 heterocycles. The van der Waals surface area contributed by atoms with Gasteiger partial charge in [-0.1, -0.05) is 0 Å². The summed E-state index contributed by atoms with van der Waals surface area (Å²) in [5.41, 5.74) is 5.45. The zero-order valence-corrected chi connectivity index (χ0v) is 15.9. The van der Waals surface area contributed by atoms with Crippen LogP contribution in [0.25, 0.3) is 0 Å². The Morgan fingerprint density at radius 1 is 1.07 bits per heavy atom. The Labute approximate surface area is 162 Å². The number of nitrogens with two attached hydrogens (primary N) is 1. The molecule has 2 saturated heterocycles. The topological polar surface area (TPSA) is 128 Å². The van der Waals surface area contributed by atoms with Crippen LogP contribution in [0.2, 0.25) is 0 Å². The molecule has 10 heteroatoms. The van der Waals surface area contributed by atoms with Gasteiger partial charge in [-0.25, -0.2) is 0 Å². The number of nitrogens with one attached hydrogen (secondary N) is 1. The number of carbonyl (C=O) groups excluding carboxylic acids is 2. The fourth-order valence-electron chi connectivity index (χ4n) is 3.38. The molecule has 154 valence electrons. The normalized spacial score (nSPS) is 25.8. The van der Waals surface area contributed by atoms with Crippen LogP contribution in [0.3, 0.4) is 0 Å². The minimum atomic E-state index is -0.561. The average Bonchev–Trinajstić information content (AvgIpc) is 3.27.